The Bertz CT molecular complexity index is 1480. The van der Waals surface area contributed by atoms with Gasteiger partial charge >= 0.3 is 0 Å². The van der Waals surface area contributed by atoms with Gasteiger partial charge in [-0.3, -0.25) is 10.2 Å². The summed E-state index contributed by atoms with van der Waals surface area (Å²) < 4.78 is 17.3. The number of aliphatic imine (C=N–C) groups is 1. The summed E-state index contributed by atoms with van der Waals surface area (Å²) in [5.74, 6) is 1.49. The zero-order valence-electron chi connectivity index (χ0n) is 21.2. The van der Waals surface area contributed by atoms with E-state index in [4.69, 9.17) is 19.6 Å². The van der Waals surface area contributed by atoms with E-state index in [1.54, 1.807) is 36.7 Å². The molecule has 8 nitrogen and oxygen atoms in total. The van der Waals surface area contributed by atoms with E-state index in [1.807, 2.05) is 35.7 Å². The van der Waals surface area contributed by atoms with Gasteiger partial charge in [0.1, 0.15) is 10.8 Å². The van der Waals surface area contributed by atoms with Crippen LogP contribution < -0.4 is 14.2 Å². The molecule has 2 aliphatic heterocycles. The number of ether oxygens (including phenoxy) is 3. The molecule has 2 aromatic carbocycles. The fourth-order valence-electron chi connectivity index (χ4n) is 3.79. The van der Waals surface area contributed by atoms with Gasteiger partial charge in [-0.05, 0) is 84.1 Å². The highest BCUT2D eigenvalue weighted by molar-refractivity contribution is 8.27. The lowest BCUT2D eigenvalue weighted by Crippen LogP contribution is -2.35. The number of thioether (sulfide) groups is 1. The highest BCUT2D eigenvalue weighted by Gasteiger charge is 2.36. The molecule has 0 atom stereocenters. The predicted molar refractivity (Wildman–Crippen MR) is 153 cm³/mol. The van der Waals surface area contributed by atoms with Crippen molar-refractivity contribution in [3.8, 4) is 17.2 Å². The van der Waals surface area contributed by atoms with Crippen LogP contribution in [-0.2, 0) is 4.79 Å². The van der Waals surface area contributed by atoms with Gasteiger partial charge in [-0.1, -0.05) is 18.2 Å². The van der Waals surface area contributed by atoms with Crippen LogP contribution in [0.5, 0.6) is 17.2 Å². The Morgan fingerprint density at radius 2 is 1.87 bits per heavy atom. The first-order valence-corrected chi connectivity index (χ1v) is 13.7. The van der Waals surface area contributed by atoms with Crippen molar-refractivity contribution >= 4 is 51.1 Å². The third kappa shape index (κ3) is 5.51. The Kier molecular flexibility index (Phi) is 7.62. The zero-order valence-corrected chi connectivity index (χ0v) is 22.8. The molecule has 0 saturated heterocycles. The molecular formula is C28H26N4O4S2. The molecule has 194 valence electrons. The Morgan fingerprint density at radius 1 is 1.03 bits per heavy atom. The number of rotatable bonds is 9. The summed E-state index contributed by atoms with van der Waals surface area (Å²) in [6.07, 6.45) is 2.33. The highest BCUT2D eigenvalue weighted by atomic mass is 32.2. The maximum Gasteiger partial charge on any atom is 0.283 e. The fraction of sp³-hybridized carbons (Fsp3) is 0.214. The van der Waals surface area contributed by atoms with Gasteiger partial charge < -0.3 is 14.2 Å². The maximum atomic E-state index is 12.8. The molecule has 3 heterocycles. The normalized spacial score (nSPS) is 15.9. The molecule has 0 saturated carbocycles. The van der Waals surface area contributed by atoms with Crippen molar-refractivity contribution in [2.75, 3.05) is 20.3 Å². The monoisotopic (exact) mass is 546 g/mol. The first-order chi connectivity index (χ1) is 18.4. The lowest BCUT2D eigenvalue weighted by atomic mass is 10.1. The van der Waals surface area contributed by atoms with Crippen molar-refractivity contribution < 1.29 is 19.0 Å². The van der Waals surface area contributed by atoms with E-state index in [-0.39, 0.29) is 11.4 Å². The first-order valence-electron chi connectivity index (χ1n) is 12.0. The molecule has 0 bridgehead atoms. The minimum absolute atomic E-state index is 0.0119. The van der Waals surface area contributed by atoms with Crippen LogP contribution in [0.15, 0.2) is 69.6 Å². The Balaban J connectivity index is 1.22. The molecule has 38 heavy (non-hydrogen) atoms. The van der Waals surface area contributed by atoms with Crippen LogP contribution in [0.4, 0.5) is 0 Å². The molecule has 0 radical (unpaired) electrons. The third-order valence-corrected chi connectivity index (χ3v) is 7.93. The van der Waals surface area contributed by atoms with Crippen molar-refractivity contribution in [3.63, 3.8) is 0 Å². The van der Waals surface area contributed by atoms with Crippen LogP contribution >= 0.6 is 23.1 Å². The van der Waals surface area contributed by atoms with E-state index in [0.29, 0.717) is 41.9 Å². The van der Waals surface area contributed by atoms with E-state index in [9.17, 15) is 4.79 Å². The topological polar surface area (TPSA) is 96.6 Å². The molecular weight excluding hydrogens is 520 g/mol. The highest BCUT2D eigenvalue weighted by Crippen LogP contribution is 2.33. The second-order valence-corrected chi connectivity index (χ2v) is 10.5. The number of hydrogen-bond donors (Lipinski definition) is 1. The van der Waals surface area contributed by atoms with Gasteiger partial charge in [0.25, 0.3) is 5.91 Å². The summed E-state index contributed by atoms with van der Waals surface area (Å²) >= 11 is 2.84. The number of benzene rings is 2. The van der Waals surface area contributed by atoms with Crippen LogP contribution in [-0.4, -0.2) is 47.3 Å². The molecule has 0 spiro atoms. The van der Waals surface area contributed by atoms with E-state index in [0.717, 1.165) is 15.7 Å². The van der Waals surface area contributed by atoms with Crippen molar-refractivity contribution in [2.24, 2.45) is 10.1 Å². The predicted octanol–water partition coefficient (Wildman–Crippen LogP) is 5.89. The van der Waals surface area contributed by atoms with Gasteiger partial charge in [-0.2, -0.15) is 15.1 Å². The summed E-state index contributed by atoms with van der Waals surface area (Å²) in [4.78, 5) is 17.9. The van der Waals surface area contributed by atoms with Crippen molar-refractivity contribution in [1.82, 2.24) is 5.01 Å². The second-order valence-electron chi connectivity index (χ2n) is 8.61. The van der Waals surface area contributed by atoms with E-state index < -0.39 is 5.91 Å². The van der Waals surface area contributed by atoms with Crippen LogP contribution in [0, 0.1) is 19.3 Å². The molecule has 1 N–H and O–H groups in total. The SMILES string of the molecule is COc1cc(C=C2C(=N)N3N=C(c4cccs4)SC3=NC2=O)ccc1OCCCOc1ccc(C)c(C)c1. The van der Waals surface area contributed by atoms with Gasteiger partial charge in [-0.15, -0.1) is 11.3 Å². The first kappa shape index (κ1) is 25.7. The number of hydrazone groups is 1. The Hall–Kier alpha value is -3.89. The molecule has 0 aliphatic carbocycles. The molecule has 2 aliphatic rings. The average molecular weight is 547 g/mol. The number of carbonyl (C=O) groups is 1. The average Bonchev–Trinajstić information content (AvgIpc) is 3.59. The lowest BCUT2D eigenvalue weighted by Gasteiger charge is -2.20. The minimum atomic E-state index is -0.473. The lowest BCUT2D eigenvalue weighted by molar-refractivity contribution is -0.114. The summed E-state index contributed by atoms with van der Waals surface area (Å²) in [6.45, 7) is 5.13. The van der Waals surface area contributed by atoms with Crippen molar-refractivity contribution in [3.05, 3.63) is 81.1 Å². The molecule has 5 rings (SSSR count). The van der Waals surface area contributed by atoms with Crippen LogP contribution in [0.3, 0.4) is 0 Å². The van der Waals surface area contributed by atoms with Gasteiger partial charge in [0, 0.05) is 6.42 Å². The number of nitrogens with one attached hydrogen (secondary N) is 1. The number of hydrogen-bond acceptors (Lipinski definition) is 8. The summed E-state index contributed by atoms with van der Waals surface area (Å²) in [5, 5.41) is 17.6. The van der Waals surface area contributed by atoms with E-state index >= 15 is 0 Å². The fourth-order valence-corrected chi connectivity index (χ4v) is 5.47. The number of amides is 1. The van der Waals surface area contributed by atoms with Crippen LogP contribution in [0.1, 0.15) is 28.0 Å². The molecule has 10 heteroatoms. The van der Waals surface area contributed by atoms with Crippen LogP contribution in [0.2, 0.25) is 0 Å². The van der Waals surface area contributed by atoms with Gasteiger partial charge in [0.15, 0.2) is 17.3 Å². The van der Waals surface area contributed by atoms with Gasteiger partial charge in [0.2, 0.25) is 5.17 Å². The van der Waals surface area contributed by atoms with Gasteiger partial charge in [0.05, 0.1) is 30.8 Å². The number of fused-ring (bicyclic) bond motifs is 1. The molecule has 0 fully saturated rings. The quantitative estimate of drug-likeness (QED) is 0.266. The number of carbonyl (C=O) groups excluding carboxylic acids is 1. The van der Waals surface area contributed by atoms with Gasteiger partial charge in [-0.25, -0.2) is 0 Å². The number of aryl methyl sites for hydroxylation is 2. The Morgan fingerprint density at radius 3 is 2.63 bits per heavy atom. The number of methoxy groups -OCH3 is 1. The number of amidine groups is 2. The van der Waals surface area contributed by atoms with Crippen molar-refractivity contribution in [1.29, 1.82) is 5.41 Å². The summed E-state index contributed by atoms with van der Waals surface area (Å²) in [7, 11) is 1.56. The largest absolute Gasteiger partial charge is 0.493 e. The second kappa shape index (κ2) is 11.2. The molecule has 1 aromatic heterocycles. The smallest absolute Gasteiger partial charge is 0.283 e. The molecule has 1 amide bonds. The van der Waals surface area contributed by atoms with Crippen molar-refractivity contribution in [2.45, 2.75) is 20.3 Å². The molecule has 0 unspecified atom stereocenters. The molecule has 3 aromatic rings. The zero-order chi connectivity index (χ0) is 26.6. The number of nitrogens with zero attached hydrogens (tertiary/aromatic N) is 3. The summed E-state index contributed by atoms with van der Waals surface area (Å²) in [6, 6.07) is 15.3. The Labute approximate surface area is 229 Å². The van der Waals surface area contributed by atoms with E-state index in [2.05, 4.69) is 30.0 Å². The minimum Gasteiger partial charge on any atom is -0.493 e. The van der Waals surface area contributed by atoms with E-state index in [1.165, 1.54) is 27.9 Å². The third-order valence-electron chi connectivity index (χ3n) is 5.98. The standard InChI is InChI=1S/C28H26N4O4S2/c1-17-7-9-20(14-18(17)2)35-11-5-12-36-22-10-8-19(16-23(22)34-3)15-21-25(29)32-28(30-26(21)33)38-27(31-32)24-6-4-13-37-24/h4,6-10,13-16,29H,5,11-12H2,1-3H3. The van der Waals surface area contributed by atoms with Crippen LogP contribution in [0.25, 0.3) is 6.08 Å². The summed E-state index contributed by atoms with van der Waals surface area (Å²) in [5.41, 5.74) is 3.28. The maximum absolute atomic E-state index is 12.8. The number of thiophene rings is 1.